The number of nitrogens with zero attached hydrogens (tertiary/aromatic N) is 3. The number of hydrogen-bond donors (Lipinski definition) is 0. The summed E-state index contributed by atoms with van der Waals surface area (Å²) in [5.74, 6) is 0. The summed E-state index contributed by atoms with van der Waals surface area (Å²) < 4.78 is 3.44. The van der Waals surface area contributed by atoms with Gasteiger partial charge in [0.25, 0.3) is 5.56 Å². The zero-order valence-corrected chi connectivity index (χ0v) is 15.6. The fourth-order valence-electron chi connectivity index (χ4n) is 2.84. The molecule has 0 atom stereocenters. The van der Waals surface area contributed by atoms with Crippen LogP contribution in [0.25, 0.3) is 16.9 Å². The molecule has 0 radical (unpaired) electrons. The quantitative estimate of drug-likeness (QED) is 0.472. The van der Waals surface area contributed by atoms with Crippen molar-refractivity contribution < 1.29 is 0 Å². The van der Waals surface area contributed by atoms with Crippen molar-refractivity contribution in [2.24, 2.45) is 0 Å². The Balaban J connectivity index is 1.94. The molecular weight excluding hydrogens is 393 g/mol. The number of pyridine rings is 2. The van der Waals surface area contributed by atoms with E-state index in [2.05, 4.69) is 0 Å². The molecule has 130 valence electrons. The number of benzene rings is 1. The molecule has 26 heavy (non-hydrogen) atoms. The molecule has 4 rings (SSSR count). The molecule has 0 spiro atoms. The van der Waals surface area contributed by atoms with Gasteiger partial charge in [-0.2, -0.15) is 0 Å². The van der Waals surface area contributed by atoms with Gasteiger partial charge >= 0.3 is 0 Å². The molecule has 0 bridgehead atoms. The molecule has 0 aliphatic heterocycles. The highest BCUT2D eigenvalue weighted by Crippen LogP contribution is 2.27. The second-order valence-corrected chi connectivity index (χ2v) is 7.11. The van der Waals surface area contributed by atoms with Crippen molar-refractivity contribution in [1.82, 2.24) is 14.0 Å². The minimum absolute atomic E-state index is 0.145. The van der Waals surface area contributed by atoms with E-state index < -0.39 is 0 Å². The van der Waals surface area contributed by atoms with Gasteiger partial charge in [0.05, 0.1) is 28.0 Å². The van der Waals surface area contributed by atoms with E-state index in [4.69, 9.17) is 39.8 Å². The molecule has 4 aromatic rings. The highest BCUT2D eigenvalue weighted by molar-refractivity contribution is 6.31. The molecule has 7 heteroatoms. The summed E-state index contributed by atoms with van der Waals surface area (Å²) in [6, 6.07) is 14.1. The van der Waals surface area contributed by atoms with E-state index >= 15 is 0 Å². The first-order valence-electron chi connectivity index (χ1n) is 7.80. The van der Waals surface area contributed by atoms with Gasteiger partial charge in [0.2, 0.25) is 0 Å². The third-order valence-corrected chi connectivity index (χ3v) is 4.77. The largest absolute Gasteiger partial charge is 0.308 e. The van der Waals surface area contributed by atoms with Crippen LogP contribution in [0.4, 0.5) is 0 Å². The number of rotatable bonds is 3. The summed E-state index contributed by atoms with van der Waals surface area (Å²) >= 11 is 18.2. The number of aromatic nitrogens is 3. The Labute approximate surface area is 164 Å². The minimum atomic E-state index is -0.145. The van der Waals surface area contributed by atoms with E-state index in [9.17, 15) is 4.79 Å². The van der Waals surface area contributed by atoms with Crippen LogP contribution in [-0.4, -0.2) is 14.0 Å². The summed E-state index contributed by atoms with van der Waals surface area (Å²) in [4.78, 5) is 16.9. The second-order valence-electron chi connectivity index (χ2n) is 5.80. The van der Waals surface area contributed by atoms with Crippen molar-refractivity contribution >= 4 is 40.4 Å². The van der Waals surface area contributed by atoms with Crippen LogP contribution in [0.2, 0.25) is 15.1 Å². The molecule has 0 saturated carbocycles. The van der Waals surface area contributed by atoms with E-state index in [1.807, 2.05) is 34.7 Å². The molecule has 3 aromatic heterocycles. The topological polar surface area (TPSA) is 39.3 Å². The van der Waals surface area contributed by atoms with Gasteiger partial charge in [0.15, 0.2) is 0 Å². The average molecular weight is 405 g/mol. The maximum absolute atomic E-state index is 12.2. The number of hydrogen-bond acceptors (Lipinski definition) is 2. The van der Waals surface area contributed by atoms with Gasteiger partial charge in [0, 0.05) is 29.0 Å². The first kappa shape index (κ1) is 17.2. The zero-order chi connectivity index (χ0) is 18.3. The maximum atomic E-state index is 12.2. The van der Waals surface area contributed by atoms with E-state index in [-0.39, 0.29) is 5.56 Å². The minimum Gasteiger partial charge on any atom is -0.308 e. The maximum Gasteiger partial charge on any atom is 0.250 e. The SMILES string of the molecule is O=c1ccc(Cl)cn1Cc1c(-c2ccc(Cl)cc2)nc2ccc(Cl)cn12. The van der Waals surface area contributed by atoms with Crippen LogP contribution in [0.3, 0.4) is 0 Å². The highest BCUT2D eigenvalue weighted by atomic mass is 35.5. The summed E-state index contributed by atoms with van der Waals surface area (Å²) in [5, 5.41) is 1.72. The van der Waals surface area contributed by atoms with Gasteiger partial charge in [0.1, 0.15) is 5.65 Å². The van der Waals surface area contributed by atoms with Gasteiger partial charge in [-0.3, -0.25) is 4.79 Å². The number of imidazole rings is 1. The molecule has 0 aliphatic carbocycles. The Kier molecular flexibility index (Phi) is 4.49. The van der Waals surface area contributed by atoms with Crippen molar-refractivity contribution in [3.8, 4) is 11.3 Å². The van der Waals surface area contributed by atoms with Gasteiger partial charge < -0.3 is 8.97 Å². The number of fused-ring (bicyclic) bond motifs is 1. The predicted molar refractivity (Wildman–Crippen MR) is 105 cm³/mol. The first-order valence-corrected chi connectivity index (χ1v) is 8.93. The van der Waals surface area contributed by atoms with Crippen LogP contribution in [-0.2, 0) is 6.54 Å². The summed E-state index contributed by atoms with van der Waals surface area (Å²) in [7, 11) is 0. The van der Waals surface area contributed by atoms with Crippen molar-refractivity contribution in [2.45, 2.75) is 6.54 Å². The lowest BCUT2D eigenvalue weighted by Crippen LogP contribution is -2.19. The summed E-state index contributed by atoms with van der Waals surface area (Å²) in [6.07, 6.45) is 3.40. The monoisotopic (exact) mass is 403 g/mol. The van der Waals surface area contributed by atoms with Crippen LogP contribution in [0.15, 0.2) is 65.7 Å². The van der Waals surface area contributed by atoms with Crippen LogP contribution in [0.1, 0.15) is 5.69 Å². The lowest BCUT2D eigenvalue weighted by molar-refractivity contribution is 0.735. The number of halogens is 3. The van der Waals surface area contributed by atoms with E-state index in [1.54, 1.807) is 29.1 Å². The fraction of sp³-hybridized carbons (Fsp3) is 0.0526. The predicted octanol–water partition coefficient (Wildman–Crippen LogP) is 5.17. The van der Waals surface area contributed by atoms with Gasteiger partial charge in [-0.25, -0.2) is 4.98 Å². The lowest BCUT2D eigenvalue weighted by Gasteiger charge is -2.09. The van der Waals surface area contributed by atoms with Gasteiger partial charge in [-0.15, -0.1) is 0 Å². The van der Waals surface area contributed by atoms with Crippen LogP contribution in [0, 0.1) is 0 Å². The van der Waals surface area contributed by atoms with E-state index in [1.165, 1.54) is 6.07 Å². The second kappa shape index (κ2) is 6.80. The molecule has 4 nitrogen and oxygen atoms in total. The Morgan fingerprint density at radius 2 is 1.46 bits per heavy atom. The molecule has 0 fully saturated rings. The van der Waals surface area contributed by atoms with Gasteiger partial charge in [-0.05, 0) is 30.3 Å². The third kappa shape index (κ3) is 3.23. The normalized spacial score (nSPS) is 11.2. The molecule has 0 saturated heterocycles. The van der Waals surface area contributed by atoms with Crippen molar-refractivity contribution in [3.05, 3.63) is 92.0 Å². The molecular formula is C19H12Cl3N3O. The Bertz CT molecular complexity index is 1160. The first-order chi connectivity index (χ1) is 12.5. The Morgan fingerprint density at radius 3 is 2.23 bits per heavy atom. The highest BCUT2D eigenvalue weighted by Gasteiger charge is 2.15. The Hall–Kier alpha value is -2.27. The smallest absolute Gasteiger partial charge is 0.250 e. The molecule has 0 amide bonds. The summed E-state index contributed by atoms with van der Waals surface area (Å²) in [6.45, 7) is 0.304. The van der Waals surface area contributed by atoms with Crippen molar-refractivity contribution in [2.75, 3.05) is 0 Å². The fourth-order valence-corrected chi connectivity index (χ4v) is 3.31. The molecule has 0 unspecified atom stereocenters. The standard InChI is InChI=1S/C19H12Cl3N3O/c20-13-3-1-12(2-4-13)19-16(11-24-9-14(21)6-8-18(24)26)25-10-15(22)5-7-17(25)23-19/h1-10H,11H2. The zero-order valence-electron chi connectivity index (χ0n) is 13.4. The van der Waals surface area contributed by atoms with Crippen LogP contribution >= 0.6 is 34.8 Å². The summed E-state index contributed by atoms with van der Waals surface area (Å²) in [5.41, 5.74) is 3.09. The van der Waals surface area contributed by atoms with Crippen LogP contribution in [0.5, 0.6) is 0 Å². The van der Waals surface area contributed by atoms with Crippen LogP contribution < -0.4 is 5.56 Å². The third-order valence-electron chi connectivity index (χ3n) is 4.07. The molecule has 0 aliphatic rings. The van der Waals surface area contributed by atoms with E-state index in [0.29, 0.717) is 21.6 Å². The van der Waals surface area contributed by atoms with Gasteiger partial charge in [-0.1, -0.05) is 46.9 Å². The lowest BCUT2D eigenvalue weighted by atomic mass is 10.1. The average Bonchev–Trinajstić information content (AvgIpc) is 2.97. The van der Waals surface area contributed by atoms with E-state index in [0.717, 1.165) is 22.6 Å². The Morgan fingerprint density at radius 1 is 0.808 bits per heavy atom. The molecule has 1 aromatic carbocycles. The van der Waals surface area contributed by atoms with Crippen molar-refractivity contribution in [3.63, 3.8) is 0 Å². The van der Waals surface area contributed by atoms with Crippen molar-refractivity contribution in [1.29, 1.82) is 0 Å². The molecule has 0 N–H and O–H groups in total. The molecule has 3 heterocycles.